The van der Waals surface area contributed by atoms with Crippen molar-refractivity contribution in [2.75, 3.05) is 6.54 Å². The van der Waals surface area contributed by atoms with Gasteiger partial charge in [0.05, 0.1) is 17.1 Å². The predicted octanol–water partition coefficient (Wildman–Crippen LogP) is 1.75. The van der Waals surface area contributed by atoms with E-state index < -0.39 is 10.0 Å². The molecular weight excluding hydrogens is 350 g/mol. The van der Waals surface area contributed by atoms with Crippen LogP contribution in [0.5, 0.6) is 0 Å². The van der Waals surface area contributed by atoms with Crippen molar-refractivity contribution >= 4 is 21.6 Å². The van der Waals surface area contributed by atoms with Crippen LogP contribution in [0.3, 0.4) is 0 Å². The zero-order valence-corrected chi connectivity index (χ0v) is 14.6. The number of rotatable bonds is 5. The molecule has 8 heteroatoms. The molecule has 0 aliphatic heterocycles. The highest BCUT2D eigenvalue weighted by Gasteiger charge is 2.15. The first-order valence-electron chi connectivity index (χ1n) is 7.81. The quantitative estimate of drug-likeness (QED) is 0.873. The summed E-state index contributed by atoms with van der Waals surface area (Å²) in [5.74, 6) is 0. The summed E-state index contributed by atoms with van der Waals surface area (Å²) in [7, 11) is -3.66. The Morgan fingerprint density at radius 2 is 2.00 bits per heavy atom. The molecule has 1 heterocycles. The van der Waals surface area contributed by atoms with E-state index in [-0.39, 0.29) is 23.5 Å². The van der Waals surface area contributed by atoms with Crippen LogP contribution in [-0.4, -0.2) is 24.7 Å². The Morgan fingerprint density at radius 1 is 1.21 bits per heavy atom. The first-order valence-corrected chi connectivity index (χ1v) is 9.67. The molecule has 0 atom stereocenters. The molecule has 3 rings (SSSR count). The topological polar surface area (TPSA) is 81.1 Å². The van der Waals surface area contributed by atoms with Crippen molar-refractivity contribution in [2.24, 2.45) is 0 Å². The summed E-state index contributed by atoms with van der Waals surface area (Å²) in [6.07, 6.45) is 3.90. The lowest BCUT2D eigenvalue weighted by atomic mass is 9.97. The average molecular weight is 368 g/mol. The number of benzene rings is 1. The molecule has 1 aliphatic rings. The number of hydrogen-bond donors (Lipinski definition) is 1. The molecule has 2 aromatic rings. The van der Waals surface area contributed by atoms with Crippen molar-refractivity contribution in [2.45, 2.75) is 37.1 Å². The minimum absolute atomic E-state index is 0.0839. The lowest BCUT2D eigenvalue weighted by Crippen LogP contribution is -2.33. The number of hydrogen-bond acceptors (Lipinski definition) is 4. The Hall–Kier alpha value is -1.70. The van der Waals surface area contributed by atoms with Gasteiger partial charge in [0.25, 0.3) is 5.56 Å². The molecule has 0 saturated carbocycles. The van der Waals surface area contributed by atoms with Gasteiger partial charge in [0, 0.05) is 17.6 Å². The highest BCUT2D eigenvalue weighted by molar-refractivity contribution is 7.89. The maximum Gasteiger partial charge on any atom is 0.267 e. The standard InChI is InChI=1S/C16H18ClN3O3S/c17-13-5-3-6-14(11-13)24(22,23)18-8-9-20-16(21)10-12-4-1-2-7-15(12)19-20/h3,5-6,10-11,18H,1-2,4,7-9H2. The van der Waals surface area contributed by atoms with Gasteiger partial charge in [0.15, 0.2) is 0 Å². The third-order valence-electron chi connectivity index (χ3n) is 4.00. The third kappa shape index (κ3) is 3.85. The molecule has 1 aromatic heterocycles. The average Bonchev–Trinajstić information content (AvgIpc) is 2.55. The summed E-state index contributed by atoms with van der Waals surface area (Å²) in [4.78, 5) is 12.2. The second kappa shape index (κ2) is 7.04. The van der Waals surface area contributed by atoms with Crippen LogP contribution in [0, 0.1) is 0 Å². The van der Waals surface area contributed by atoms with Crippen molar-refractivity contribution in [3.63, 3.8) is 0 Å². The predicted molar refractivity (Wildman–Crippen MR) is 91.8 cm³/mol. The highest BCUT2D eigenvalue weighted by atomic mass is 35.5. The number of nitrogens with one attached hydrogen (secondary N) is 1. The van der Waals surface area contributed by atoms with E-state index in [1.54, 1.807) is 18.2 Å². The number of aromatic nitrogens is 2. The highest BCUT2D eigenvalue weighted by Crippen LogP contribution is 2.17. The lowest BCUT2D eigenvalue weighted by Gasteiger charge is -2.16. The van der Waals surface area contributed by atoms with E-state index in [4.69, 9.17) is 11.6 Å². The van der Waals surface area contributed by atoms with Gasteiger partial charge in [0.2, 0.25) is 10.0 Å². The van der Waals surface area contributed by atoms with Crippen molar-refractivity contribution in [3.8, 4) is 0 Å². The van der Waals surface area contributed by atoms with Gasteiger partial charge in [-0.2, -0.15) is 5.10 Å². The van der Waals surface area contributed by atoms with Crippen LogP contribution in [0.4, 0.5) is 0 Å². The Balaban J connectivity index is 1.69. The molecule has 0 bridgehead atoms. The monoisotopic (exact) mass is 367 g/mol. The van der Waals surface area contributed by atoms with Crippen molar-refractivity contribution in [3.05, 3.63) is 57.0 Å². The summed E-state index contributed by atoms with van der Waals surface area (Å²) in [6.45, 7) is 0.270. The third-order valence-corrected chi connectivity index (χ3v) is 5.69. The zero-order valence-electron chi connectivity index (χ0n) is 13.0. The molecule has 1 aliphatic carbocycles. The van der Waals surface area contributed by atoms with Gasteiger partial charge in [-0.15, -0.1) is 0 Å². The fourth-order valence-corrected chi connectivity index (χ4v) is 4.09. The van der Waals surface area contributed by atoms with E-state index in [0.717, 1.165) is 36.9 Å². The SMILES string of the molecule is O=c1cc2c(nn1CCNS(=O)(=O)c1cccc(Cl)c1)CCCC2. The van der Waals surface area contributed by atoms with Gasteiger partial charge in [-0.3, -0.25) is 4.79 Å². The zero-order chi connectivity index (χ0) is 17.2. The fourth-order valence-electron chi connectivity index (χ4n) is 2.76. The van der Waals surface area contributed by atoms with E-state index in [1.165, 1.54) is 16.8 Å². The summed E-state index contributed by atoms with van der Waals surface area (Å²) in [5, 5.41) is 4.72. The van der Waals surface area contributed by atoms with E-state index in [2.05, 4.69) is 9.82 Å². The summed E-state index contributed by atoms with van der Waals surface area (Å²) < 4.78 is 28.2. The Kier molecular flexibility index (Phi) is 5.03. The van der Waals surface area contributed by atoms with Gasteiger partial charge in [-0.05, 0) is 49.4 Å². The summed E-state index contributed by atoms with van der Waals surface area (Å²) in [6, 6.07) is 7.65. The molecule has 1 N–H and O–H groups in total. The fraction of sp³-hybridized carbons (Fsp3) is 0.375. The van der Waals surface area contributed by atoms with Crippen LogP contribution in [-0.2, 0) is 29.4 Å². The summed E-state index contributed by atoms with van der Waals surface area (Å²) >= 11 is 5.82. The Labute approximate surface area is 145 Å². The normalized spacial score (nSPS) is 14.4. The van der Waals surface area contributed by atoms with Gasteiger partial charge in [-0.25, -0.2) is 17.8 Å². The molecule has 24 heavy (non-hydrogen) atoms. The van der Waals surface area contributed by atoms with E-state index in [0.29, 0.717) is 5.02 Å². The first-order chi connectivity index (χ1) is 11.5. The molecule has 0 unspecified atom stereocenters. The first kappa shape index (κ1) is 17.1. The molecule has 0 fully saturated rings. The van der Waals surface area contributed by atoms with E-state index in [9.17, 15) is 13.2 Å². The molecule has 128 valence electrons. The number of sulfonamides is 1. The Bertz CT molecular complexity index is 909. The maximum absolute atomic E-state index is 12.2. The van der Waals surface area contributed by atoms with E-state index in [1.807, 2.05) is 0 Å². The molecule has 0 radical (unpaired) electrons. The minimum Gasteiger partial charge on any atom is -0.268 e. The number of halogens is 1. The molecule has 6 nitrogen and oxygen atoms in total. The van der Waals surface area contributed by atoms with Crippen LogP contribution in [0.1, 0.15) is 24.1 Å². The second-order valence-electron chi connectivity index (χ2n) is 5.74. The Morgan fingerprint density at radius 3 is 2.79 bits per heavy atom. The van der Waals surface area contributed by atoms with Gasteiger partial charge >= 0.3 is 0 Å². The molecular formula is C16H18ClN3O3S. The molecule has 0 spiro atoms. The molecule has 0 saturated heterocycles. The smallest absolute Gasteiger partial charge is 0.267 e. The number of fused-ring (bicyclic) bond motifs is 1. The van der Waals surface area contributed by atoms with Crippen molar-refractivity contribution < 1.29 is 8.42 Å². The van der Waals surface area contributed by atoms with Crippen molar-refractivity contribution in [1.29, 1.82) is 0 Å². The lowest BCUT2D eigenvalue weighted by molar-refractivity contribution is 0.526. The van der Waals surface area contributed by atoms with Crippen LogP contribution in [0.15, 0.2) is 40.0 Å². The van der Waals surface area contributed by atoms with Crippen LogP contribution < -0.4 is 10.3 Å². The number of nitrogens with zero attached hydrogens (tertiary/aromatic N) is 2. The second-order valence-corrected chi connectivity index (χ2v) is 7.94. The van der Waals surface area contributed by atoms with Crippen molar-refractivity contribution in [1.82, 2.24) is 14.5 Å². The summed E-state index contributed by atoms with van der Waals surface area (Å²) in [5.41, 5.74) is 1.76. The largest absolute Gasteiger partial charge is 0.268 e. The number of aryl methyl sites for hydroxylation is 2. The molecule has 0 amide bonds. The van der Waals surface area contributed by atoms with Gasteiger partial charge in [0.1, 0.15) is 0 Å². The van der Waals surface area contributed by atoms with E-state index >= 15 is 0 Å². The maximum atomic E-state index is 12.2. The molecule has 1 aromatic carbocycles. The van der Waals surface area contributed by atoms with Crippen LogP contribution in [0.2, 0.25) is 5.02 Å². The van der Waals surface area contributed by atoms with Gasteiger partial charge < -0.3 is 0 Å². The van der Waals surface area contributed by atoms with Crippen LogP contribution in [0.25, 0.3) is 0 Å². The van der Waals surface area contributed by atoms with Gasteiger partial charge in [-0.1, -0.05) is 17.7 Å². The van der Waals surface area contributed by atoms with Crippen LogP contribution >= 0.6 is 11.6 Å². The minimum atomic E-state index is -3.66.